The summed E-state index contributed by atoms with van der Waals surface area (Å²) in [6.07, 6.45) is 2.19. The predicted molar refractivity (Wildman–Crippen MR) is 79.1 cm³/mol. The molecule has 1 heterocycles. The van der Waals surface area contributed by atoms with Gasteiger partial charge in [-0.05, 0) is 43.4 Å². The van der Waals surface area contributed by atoms with Crippen LogP contribution >= 0.6 is 0 Å². The molecule has 19 heavy (non-hydrogen) atoms. The van der Waals surface area contributed by atoms with Crippen molar-refractivity contribution < 1.29 is 4.39 Å². The molecule has 3 heteroatoms. The zero-order valence-corrected chi connectivity index (χ0v) is 12.2. The fourth-order valence-corrected chi connectivity index (χ4v) is 2.73. The molecule has 106 valence electrons. The molecule has 0 aromatic heterocycles. The van der Waals surface area contributed by atoms with Crippen molar-refractivity contribution in [1.29, 1.82) is 0 Å². The molecule has 1 saturated heterocycles. The normalized spacial score (nSPS) is 17.9. The average Bonchev–Trinajstić information content (AvgIpc) is 2.34. The number of hydrogen-bond donors (Lipinski definition) is 1. The molecule has 0 atom stereocenters. The lowest BCUT2D eigenvalue weighted by atomic mass is 10.0. The van der Waals surface area contributed by atoms with Crippen LogP contribution in [-0.2, 0) is 0 Å². The van der Waals surface area contributed by atoms with Gasteiger partial charge in [0.2, 0.25) is 0 Å². The average molecular weight is 264 g/mol. The summed E-state index contributed by atoms with van der Waals surface area (Å²) < 4.78 is 13.8. The highest BCUT2D eigenvalue weighted by Gasteiger charge is 2.20. The van der Waals surface area contributed by atoms with Crippen LogP contribution in [0.1, 0.15) is 32.3 Å². The molecular weight excluding hydrogens is 239 g/mol. The first-order valence-corrected chi connectivity index (χ1v) is 7.29. The first-order valence-electron chi connectivity index (χ1n) is 7.29. The van der Waals surface area contributed by atoms with E-state index in [0.29, 0.717) is 11.7 Å². The smallest absolute Gasteiger partial charge is 0.146 e. The van der Waals surface area contributed by atoms with Gasteiger partial charge in [-0.15, -0.1) is 0 Å². The minimum Gasteiger partial charge on any atom is -0.380 e. The number of benzene rings is 1. The van der Waals surface area contributed by atoms with Crippen molar-refractivity contribution in [3.8, 4) is 0 Å². The highest BCUT2D eigenvalue weighted by atomic mass is 19.1. The summed E-state index contributed by atoms with van der Waals surface area (Å²) in [5.74, 6) is 0.587. The Balaban J connectivity index is 1.85. The van der Waals surface area contributed by atoms with E-state index in [4.69, 9.17) is 0 Å². The van der Waals surface area contributed by atoms with Crippen LogP contribution < -0.4 is 5.32 Å². The van der Waals surface area contributed by atoms with E-state index in [0.717, 1.165) is 37.4 Å². The van der Waals surface area contributed by atoms with E-state index in [2.05, 4.69) is 24.1 Å². The van der Waals surface area contributed by atoms with Crippen molar-refractivity contribution in [2.45, 2.75) is 39.7 Å². The van der Waals surface area contributed by atoms with Gasteiger partial charge in [-0.1, -0.05) is 19.9 Å². The summed E-state index contributed by atoms with van der Waals surface area (Å²) >= 11 is 0. The summed E-state index contributed by atoms with van der Waals surface area (Å²) in [6, 6.07) is 5.81. The lowest BCUT2D eigenvalue weighted by molar-refractivity contribution is 0.198. The summed E-state index contributed by atoms with van der Waals surface area (Å²) in [5.41, 5.74) is 1.61. The Bertz CT molecular complexity index is 409. The highest BCUT2D eigenvalue weighted by Crippen LogP contribution is 2.20. The number of nitrogens with one attached hydrogen (secondary N) is 1. The summed E-state index contributed by atoms with van der Waals surface area (Å²) in [5, 5.41) is 3.35. The van der Waals surface area contributed by atoms with Gasteiger partial charge < -0.3 is 10.2 Å². The second kappa shape index (κ2) is 6.38. The Morgan fingerprint density at radius 2 is 2.00 bits per heavy atom. The molecule has 0 aliphatic carbocycles. The number of rotatable bonds is 4. The quantitative estimate of drug-likeness (QED) is 0.892. The second-order valence-corrected chi connectivity index (χ2v) is 6.10. The molecule has 1 aliphatic heterocycles. The standard InChI is InChI=1S/C16H25FN2/c1-12(2)11-19-8-6-14(7-9-19)18-16-5-4-13(3)10-15(16)17/h4-5,10,12,14,18H,6-9,11H2,1-3H3. The molecule has 1 aromatic carbocycles. The molecule has 0 radical (unpaired) electrons. The van der Waals surface area contributed by atoms with E-state index < -0.39 is 0 Å². The van der Waals surface area contributed by atoms with Crippen molar-refractivity contribution in [3.05, 3.63) is 29.6 Å². The minimum absolute atomic E-state index is 0.135. The van der Waals surface area contributed by atoms with Crippen LogP contribution in [0.3, 0.4) is 0 Å². The highest BCUT2D eigenvalue weighted by molar-refractivity contribution is 5.47. The first kappa shape index (κ1) is 14.3. The van der Waals surface area contributed by atoms with Gasteiger partial charge in [-0.3, -0.25) is 0 Å². The number of halogens is 1. The molecule has 0 amide bonds. The van der Waals surface area contributed by atoms with Crippen LogP contribution in [0.25, 0.3) is 0 Å². The van der Waals surface area contributed by atoms with E-state index in [9.17, 15) is 4.39 Å². The zero-order chi connectivity index (χ0) is 13.8. The van der Waals surface area contributed by atoms with Gasteiger partial charge in [0, 0.05) is 25.7 Å². The van der Waals surface area contributed by atoms with Crippen LogP contribution in [0.4, 0.5) is 10.1 Å². The van der Waals surface area contributed by atoms with Crippen LogP contribution in [-0.4, -0.2) is 30.6 Å². The summed E-state index contributed by atoms with van der Waals surface area (Å²) in [4.78, 5) is 2.51. The van der Waals surface area contributed by atoms with Crippen molar-refractivity contribution in [2.75, 3.05) is 25.0 Å². The Kier molecular flexibility index (Phi) is 4.81. The fraction of sp³-hybridized carbons (Fsp3) is 0.625. The van der Waals surface area contributed by atoms with Gasteiger partial charge in [0.15, 0.2) is 0 Å². The fourth-order valence-electron chi connectivity index (χ4n) is 2.73. The monoisotopic (exact) mass is 264 g/mol. The van der Waals surface area contributed by atoms with Crippen molar-refractivity contribution in [1.82, 2.24) is 4.90 Å². The van der Waals surface area contributed by atoms with Crippen LogP contribution in [0.2, 0.25) is 0 Å². The molecule has 2 nitrogen and oxygen atoms in total. The Labute approximate surface area is 116 Å². The molecule has 0 bridgehead atoms. The minimum atomic E-state index is -0.135. The van der Waals surface area contributed by atoms with Crippen LogP contribution in [0.5, 0.6) is 0 Å². The third-order valence-corrected chi connectivity index (χ3v) is 3.70. The number of nitrogens with zero attached hydrogens (tertiary/aromatic N) is 1. The number of hydrogen-bond acceptors (Lipinski definition) is 2. The predicted octanol–water partition coefficient (Wildman–Crippen LogP) is 3.67. The van der Waals surface area contributed by atoms with E-state index in [1.165, 1.54) is 6.54 Å². The first-order chi connectivity index (χ1) is 9.04. The van der Waals surface area contributed by atoms with E-state index in [-0.39, 0.29) is 5.82 Å². The summed E-state index contributed by atoms with van der Waals surface area (Å²) in [6.45, 7) is 9.83. The molecule has 0 spiro atoms. The van der Waals surface area contributed by atoms with Gasteiger partial charge in [0.1, 0.15) is 5.82 Å². The Morgan fingerprint density at radius 3 is 2.58 bits per heavy atom. The zero-order valence-electron chi connectivity index (χ0n) is 12.2. The largest absolute Gasteiger partial charge is 0.380 e. The molecule has 1 aliphatic rings. The Morgan fingerprint density at radius 1 is 1.32 bits per heavy atom. The van der Waals surface area contributed by atoms with Crippen LogP contribution in [0.15, 0.2) is 18.2 Å². The maximum atomic E-state index is 13.8. The van der Waals surface area contributed by atoms with Crippen LogP contribution in [0, 0.1) is 18.7 Å². The van der Waals surface area contributed by atoms with Gasteiger partial charge in [-0.25, -0.2) is 4.39 Å². The molecule has 1 aromatic rings. The topological polar surface area (TPSA) is 15.3 Å². The number of piperidine rings is 1. The number of likely N-dealkylation sites (tertiary alicyclic amines) is 1. The molecule has 0 unspecified atom stereocenters. The number of aryl methyl sites for hydroxylation is 1. The van der Waals surface area contributed by atoms with Gasteiger partial charge in [-0.2, -0.15) is 0 Å². The third kappa shape index (κ3) is 4.20. The van der Waals surface area contributed by atoms with Crippen molar-refractivity contribution in [2.24, 2.45) is 5.92 Å². The molecular formula is C16H25FN2. The van der Waals surface area contributed by atoms with Gasteiger partial charge in [0.25, 0.3) is 0 Å². The molecule has 2 rings (SSSR count). The van der Waals surface area contributed by atoms with Crippen molar-refractivity contribution in [3.63, 3.8) is 0 Å². The van der Waals surface area contributed by atoms with E-state index in [1.54, 1.807) is 6.07 Å². The Hall–Kier alpha value is -1.09. The molecule has 0 saturated carbocycles. The lowest BCUT2D eigenvalue weighted by Crippen LogP contribution is -2.40. The summed E-state index contributed by atoms with van der Waals surface area (Å²) in [7, 11) is 0. The molecule has 1 fully saturated rings. The second-order valence-electron chi connectivity index (χ2n) is 6.10. The van der Waals surface area contributed by atoms with E-state index in [1.807, 2.05) is 19.1 Å². The lowest BCUT2D eigenvalue weighted by Gasteiger charge is -2.33. The maximum Gasteiger partial charge on any atom is 0.146 e. The van der Waals surface area contributed by atoms with Gasteiger partial charge in [0.05, 0.1) is 5.69 Å². The maximum absolute atomic E-state index is 13.8. The third-order valence-electron chi connectivity index (χ3n) is 3.70. The van der Waals surface area contributed by atoms with E-state index >= 15 is 0 Å². The SMILES string of the molecule is Cc1ccc(NC2CCN(CC(C)C)CC2)c(F)c1. The van der Waals surface area contributed by atoms with Gasteiger partial charge >= 0.3 is 0 Å². The molecule has 1 N–H and O–H groups in total. The number of anilines is 1. The van der Waals surface area contributed by atoms with Crippen molar-refractivity contribution >= 4 is 5.69 Å².